The standard InChI is InChI=1S/C11H11FN4O3/c12-8-4-7(5-9(6-8)16(17)18)11-14-10(15-19-11)2-1-3-13/h4-6H,1-3,13H2. The first-order chi connectivity index (χ1) is 9.10. The number of nitrogens with two attached hydrogens (primary N) is 1. The Morgan fingerprint density at radius 1 is 1.42 bits per heavy atom. The molecule has 0 spiro atoms. The van der Waals surface area contributed by atoms with Crippen LogP contribution >= 0.6 is 0 Å². The molecule has 0 saturated heterocycles. The highest BCUT2D eigenvalue weighted by Gasteiger charge is 2.15. The fraction of sp³-hybridized carbons (Fsp3) is 0.273. The number of nitrogens with zero attached hydrogens (tertiary/aromatic N) is 3. The normalized spacial score (nSPS) is 10.6. The van der Waals surface area contributed by atoms with Gasteiger partial charge in [0.05, 0.1) is 11.0 Å². The molecule has 1 aromatic carbocycles. The fourth-order valence-electron chi connectivity index (χ4n) is 1.54. The van der Waals surface area contributed by atoms with Gasteiger partial charge in [-0.25, -0.2) is 4.39 Å². The van der Waals surface area contributed by atoms with Crippen molar-refractivity contribution in [2.45, 2.75) is 12.8 Å². The Hall–Kier alpha value is -2.35. The smallest absolute Gasteiger partial charge is 0.273 e. The molecule has 0 bridgehead atoms. The Labute approximate surface area is 107 Å². The molecule has 19 heavy (non-hydrogen) atoms. The van der Waals surface area contributed by atoms with Crippen LogP contribution in [0.15, 0.2) is 22.7 Å². The zero-order valence-corrected chi connectivity index (χ0v) is 9.88. The quantitative estimate of drug-likeness (QED) is 0.651. The molecule has 7 nitrogen and oxygen atoms in total. The van der Waals surface area contributed by atoms with Gasteiger partial charge >= 0.3 is 0 Å². The van der Waals surface area contributed by atoms with Gasteiger partial charge in [-0.05, 0) is 19.0 Å². The van der Waals surface area contributed by atoms with E-state index >= 15 is 0 Å². The third-order valence-corrected chi connectivity index (χ3v) is 2.41. The molecule has 1 heterocycles. The van der Waals surface area contributed by atoms with Crippen molar-refractivity contribution < 1.29 is 13.8 Å². The van der Waals surface area contributed by atoms with E-state index in [4.69, 9.17) is 10.3 Å². The summed E-state index contributed by atoms with van der Waals surface area (Å²) in [4.78, 5) is 14.0. The van der Waals surface area contributed by atoms with E-state index in [0.717, 1.165) is 12.1 Å². The third kappa shape index (κ3) is 3.10. The van der Waals surface area contributed by atoms with Gasteiger partial charge in [0.15, 0.2) is 5.82 Å². The van der Waals surface area contributed by atoms with Crippen LogP contribution in [-0.2, 0) is 6.42 Å². The summed E-state index contributed by atoms with van der Waals surface area (Å²) in [5.74, 6) is -0.243. The van der Waals surface area contributed by atoms with Gasteiger partial charge in [-0.15, -0.1) is 0 Å². The largest absolute Gasteiger partial charge is 0.334 e. The van der Waals surface area contributed by atoms with Crippen LogP contribution < -0.4 is 5.73 Å². The monoisotopic (exact) mass is 266 g/mol. The lowest BCUT2D eigenvalue weighted by Crippen LogP contribution is -2.01. The van der Waals surface area contributed by atoms with E-state index in [1.54, 1.807) is 0 Å². The predicted octanol–water partition coefficient (Wildman–Crippen LogP) is 1.68. The topological polar surface area (TPSA) is 108 Å². The minimum absolute atomic E-state index is 0.0506. The summed E-state index contributed by atoms with van der Waals surface area (Å²) in [5, 5.41) is 14.3. The lowest BCUT2D eigenvalue weighted by Gasteiger charge is -1.96. The number of rotatable bonds is 5. The molecule has 2 N–H and O–H groups in total. The first-order valence-corrected chi connectivity index (χ1v) is 5.58. The highest BCUT2D eigenvalue weighted by molar-refractivity contribution is 5.57. The zero-order chi connectivity index (χ0) is 13.8. The van der Waals surface area contributed by atoms with E-state index in [0.29, 0.717) is 25.2 Å². The fourth-order valence-corrected chi connectivity index (χ4v) is 1.54. The molecule has 2 rings (SSSR count). The van der Waals surface area contributed by atoms with Crippen molar-refractivity contribution in [2.24, 2.45) is 5.73 Å². The maximum absolute atomic E-state index is 13.3. The molecule has 2 aromatic rings. The first-order valence-electron chi connectivity index (χ1n) is 5.58. The molecule has 100 valence electrons. The Kier molecular flexibility index (Phi) is 3.81. The van der Waals surface area contributed by atoms with Gasteiger partial charge in [-0.2, -0.15) is 4.98 Å². The molecule has 0 atom stereocenters. The highest BCUT2D eigenvalue weighted by atomic mass is 19.1. The van der Waals surface area contributed by atoms with Gasteiger partial charge in [0, 0.05) is 18.1 Å². The van der Waals surface area contributed by atoms with Gasteiger partial charge < -0.3 is 10.3 Å². The maximum Gasteiger partial charge on any atom is 0.273 e. The van der Waals surface area contributed by atoms with E-state index in [2.05, 4.69) is 10.1 Å². The molecular formula is C11H11FN4O3. The van der Waals surface area contributed by atoms with E-state index in [1.807, 2.05) is 0 Å². The molecule has 0 saturated carbocycles. The predicted molar refractivity (Wildman–Crippen MR) is 63.7 cm³/mol. The Balaban J connectivity index is 2.30. The Morgan fingerprint density at radius 2 is 2.21 bits per heavy atom. The van der Waals surface area contributed by atoms with Crippen LogP contribution in [0.5, 0.6) is 0 Å². The van der Waals surface area contributed by atoms with Crippen LogP contribution in [-0.4, -0.2) is 21.6 Å². The summed E-state index contributed by atoms with van der Waals surface area (Å²) >= 11 is 0. The number of benzene rings is 1. The lowest BCUT2D eigenvalue weighted by molar-refractivity contribution is -0.385. The highest BCUT2D eigenvalue weighted by Crippen LogP contribution is 2.24. The molecule has 0 fully saturated rings. The van der Waals surface area contributed by atoms with Crippen molar-refractivity contribution in [1.29, 1.82) is 0 Å². The van der Waals surface area contributed by atoms with Crippen LogP contribution in [0.2, 0.25) is 0 Å². The molecule has 0 aliphatic heterocycles. The van der Waals surface area contributed by atoms with Crippen molar-refractivity contribution >= 4 is 5.69 Å². The SMILES string of the molecule is NCCCc1noc(-c2cc(F)cc([N+](=O)[O-])c2)n1. The van der Waals surface area contributed by atoms with E-state index in [1.165, 1.54) is 6.07 Å². The van der Waals surface area contributed by atoms with Gasteiger partial charge in [0.25, 0.3) is 11.6 Å². The summed E-state index contributed by atoms with van der Waals surface area (Å²) in [6.07, 6.45) is 1.24. The number of aromatic nitrogens is 2. The third-order valence-electron chi connectivity index (χ3n) is 2.41. The van der Waals surface area contributed by atoms with Crippen LogP contribution in [0.3, 0.4) is 0 Å². The second-order valence-electron chi connectivity index (χ2n) is 3.86. The van der Waals surface area contributed by atoms with E-state index in [9.17, 15) is 14.5 Å². The van der Waals surface area contributed by atoms with Gasteiger partial charge in [-0.3, -0.25) is 10.1 Å². The van der Waals surface area contributed by atoms with Crippen molar-refractivity contribution in [3.63, 3.8) is 0 Å². The number of hydrogen-bond acceptors (Lipinski definition) is 6. The number of aryl methyl sites for hydroxylation is 1. The summed E-state index contributed by atoms with van der Waals surface area (Å²) < 4.78 is 18.2. The van der Waals surface area contributed by atoms with Crippen LogP contribution in [0.1, 0.15) is 12.2 Å². The molecule has 0 amide bonds. The van der Waals surface area contributed by atoms with Crippen LogP contribution in [0.25, 0.3) is 11.5 Å². The van der Waals surface area contributed by atoms with Crippen molar-refractivity contribution in [3.8, 4) is 11.5 Å². The second-order valence-corrected chi connectivity index (χ2v) is 3.86. The molecular weight excluding hydrogens is 255 g/mol. The zero-order valence-electron chi connectivity index (χ0n) is 9.88. The number of nitro groups is 1. The molecule has 1 aromatic heterocycles. The summed E-state index contributed by atoms with van der Waals surface area (Å²) in [6, 6.07) is 3.12. The Morgan fingerprint density at radius 3 is 2.89 bits per heavy atom. The van der Waals surface area contributed by atoms with Crippen molar-refractivity contribution in [2.75, 3.05) is 6.54 Å². The Bertz CT molecular complexity index is 599. The molecule has 0 aliphatic rings. The van der Waals surface area contributed by atoms with E-state index in [-0.39, 0.29) is 17.1 Å². The average Bonchev–Trinajstić information content (AvgIpc) is 2.84. The molecule has 0 radical (unpaired) electrons. The number of non-ortho nitro benzene ring substituents is 1. The average molecular weight is 266 g/mol. The minimum Gasteiger partial charge on any atom is -0.334 e. The van der Waals surface area contributed by atoms with Crippen molar-refractivity contribution in [1.82, 2.24) is 10.1 Å². The van der Waals surface area contributed by atoms with E-state index < -0.39 is 10.7 Å². The van der Waals surface area contributed by atoms with Crippen molar-refractivity contribution in [3.05, 3.63) is 40.0 Å². The van der Waals surface area contributed by atoms with Gasteiger partial charge in [0.2, 0.25) is 0 Å². The summed E-state index contributed by atoms with van der Waals surface area (Å²) in [6.45, 7) is 0.495. The second kappa shape index (κ2) is 5.53. The first kappa shape index (κ1) is 13.1. The number of halogens is 1. The molecule has 8 heteroatoms. The number of nitro benzene ring substituents is 1. The maximum atomic E-state index is 13.3. The minimum atomic E-state index is -0.731. The number of hydrogen-bond donors (Lipinski definition) is 1. The molecule has 0 aliphatic carbocycles. The van der Waals surface area contributed by atoms with Gasteiger partial charge in [0.1, 0.15) is 5.82 Å². The van der Waals surface area contributed by atoms with Crippen LogP contribution in [0.4, 0.5) is 10.1 Å². The summed E-state index contributed by atoms with van der Waals surface area (Å²) in [5.41, 5.74) is 5.17. The van der Waals surface area contributed by atoms with Crippen LogP contribution in [0, 0.1) is 15.9 Å². The molecule has 0 unspecified atom stereocenters. The summed E-state index contributed by atoms with van der Waals surface area (Å²) in [7, 11) is 0. The lowest BCUT2D eigenvalue weighted by atomic mass is 10.2. The van der Waals surface area contributed by atoms with Gasteiger partial charge in [-0.1, -0.05) is 5.16 Å².